The topological polar surface area (TPSA) is 131 Å². The van der Waals surface area contributed by atoms with E-state index < -0.39 is 43.2 Å². The molecule has 1 saturated heterocycles. The molecular weight excluding hydrogens is 360 g/mol. The molecule has 1 aromatic carbocycles. The molecule has 2 rings (SSSR count). The van der Waals surface area contributed by atoms with Crippen LogP contribution in [0.25, 0.3) is 0 Å². The maximum atomic E-state index is 12.0. The van der Waals surface area contributed by atoms with Crippen LogP contribution in [0.1, 0.15) is 10.4 Å². The van der Waals surface area contributed by atoms with Gasteiger partial charge in [-0.15, -0.1) is 0 Å². The number of aliphatic hydroxyl groups excluding tert-OH is 4. The molecule has 0 aromatic heterocycles. The Morgan fingerprint density at radius 3 is 2.59 bits per heavy atom. The molecule has 0 spiro atoms. The first-order valence-corrected chi connectivity index (χ1v) is 7.35. The summed E-state index contributed by atoms with van der Waals surface area (Å²) in [6.45, 7) is -0.539. The molecule has 22 heavy (non-hydrogen) atoms. The Labute approximate surface area is 134 Å². The number of hydrogen-bond acceptors (Lipinski definition) is 7. The Morgan fingerprint density at radius 1 is 1.23 bits per heavy atom. The molecule has 0 saturated carbocycles. The highest BCUT2D eigenvalue weighted by Gasteiger charge is 2.43. The normalized spacial score (nSPS) is 31.8. The third-order valence-corrected chi connectivity index (χ3v) is 3.80. The van der Waals surface area contributed by atoms with E-state index in [4.69, 9.17) is 9.84 Å². The lowest BCUT2D eigenvalue weighted by molar-refractivity contribution is -0.238. The first-order chi connectivity index (χ1) is 10.4. The molecule has 8 nitrogen and oxygen atoms in total. The van der Waals surface area contributed by atoms with Crippen LogP contribution < -0.4 is 10.9 Å². The van der Waals surface area contributed by atoms with Crippen LogP contribution in [0.2, 0.25) is 0 Å². The molecule has 6 N–H and O–H groups in total. The van der Waals surface area contributed by atoms with Crippen LogP contribution in [-0.2, 0) is 4.74 Å². The van der Waals surface area contributed by atoms with Crippen LogP contribution in [0.4, 0.5) is 0 Å². The lowest BCUT2D eigenvalue weighted by Gasteiger charge is -2.40. The zero-order valence-corrected chi connectivity index (χ0v) is 13.0. The quantitative estimate of drug-likeness (QED) is 0.352. The summed E-state index contributed by atoms with van der Waals surface area (Å²) in [4.78, 5) is 12.0. The Balaban J connectivity index is 1.97. The molecule has 1 amide bonds. The molecule has 0 bridgehead atoms. The smallest absolute Gasteiger partial charge is 0.265 e. The summed E-state index contributed by atoms with van der Waals surface area (Å²) in [6, 6.07) is 6.65. The third-order valence-electron chi connectivity index (χ3n) is 3.31. The summed E-state index contributed by atoms with van der Waals surface area (Å²) in [5, 5.41) is 38.2. The molecule has 1 aromatic rings. The number of amides is 1. The molecule has 1 aliphatic heterocycles. The molecule has 0 radical (unpaired) electrons. The van der Waals surface area contributed by atoms with Crippen LogP contribution in [0.15, 0.2) is 28.7 Å². The summed E-state index contributed by atoms with van der Waals surface area (Å²) >= 11 is 3.25. The molecule has 5 atom stereocenters. The van der Waals surface area contributed by atoms with Gasteiger partial charge in [0.15, 0.2) is 6.23 Å². The van der Waals surface area contributed by atoms with Crippen LogP contribution in [0.3, 0.4) is 0 Å². The van der Waals surface area contributed by atoms with Gasteiger partial charge in [0.05, 0.1) is 6.61 Å². The molecule has 0 aliphatic carbocycles. The Hall–Kier alpha value is -1.07. The fourth-order valence-electron chi connectivity index (χ4n) is 2.06. The maximum Gasteiger partial charge on any atom is 0.265 e. The highest BCUT2D eigenvalue weighted by atomic mass is 79.9. The Kier molecular flexibility index (Phi) is 5.87. The predicted octanol–water partition coefficient (Wildman–Crippen LogP) is -1.52. The minimum atomic E-state index is -1.51. The minimum absolute atomic E-state index is 0.367. The van der Waals surface area contributed by atoms with Crippen molar-refractivity contribution >= 4 is 21.8 Å². The number of halogens is 1. The number of hydrazine groups is 1. The number of benzene rings is 1. The fraction of sp³-hybridized carbons (Fsp3) is 0.462. The summed E-state index contributed by atoms with van der Waals surface area (Å²) < 4.78 is 5.93. The van der Waals surface area contributed by atoms with Crippen LogP contribution in [0.5, 0.6) is 0 Å². The number of hydrogen-bond donors (Lipinski definition) is 6. The standard InChI is InChI=1S/C13H17BrN2O6/c14-7-3-1-2-6(4-7)12(21)15-16-13-11(20)10(19)9(18)8(5-17)22-13/h1-4,8-11,13,16-20H,5H2,(H,15,21)/t8-,9+,10+,11+,13-/m0/s1. The molecule has 122 valence electrons. The van der Waals surface area contributed by atoms with Gasteiger partial charge >= 0.3 is 0 Å². The number of carbonyl (C=O) groups excluding carboxylic acids is 1. The van der Waals surface area contributed by atoms with Crippen molar-refractivity contribution in [2.45, 2.75) is 30.6 Å². The van der Waals surface area contributed by atoms with E-state index in [1.165, 1.54) is 0 Å². The van der Waals surface area contributed by atoms with Gasteiger partial charge in [-0.3, -0.25) is 10.2 Å². The van der Waals surface area contributed by atoms with Gasteiger partial charge in [-0.05, 0) is 18.2 Å². The predicted molar refractivity (Wildman–Crippen MR) is 78.5 cm³/mol. The second-order valence-corrected chi connectivity index (χ2v) is 5.77. The van der Waals surface area contributed by atoms with Crippen LogP contribution in [-0.4, -0.2) is 63.6 Å². The van der Waals surface area contributed by atoms with Crippen LogP contribution >= 0.6 is 15.9 Å². The number of carbonyl (C=O) groups is 1. The van der Waals surface area contributed by atoms with E-state index in [0.717, 1.165) is 4.47 Å². The third kappa shape index (κ3) is 3.82. The van der Waals surface area contributed by atoms with Gasteiger partial charge in [0.1, 0.15) is 24.4 Å². The number of ether oxygens (including phenoxy) is 1. The van der Waals surface area contributed by atoms with E-state index in [0.29, 0.717) is 5.56 Å². The largest absolute Gasteiger partial charge is 0.394 e. The maximum absolute atomic E-state index is 12.0. The van der Waals surface area contributed by atoms with Crippen molar-refractivity contribution in [3.05, 3.63) is 34.3 Å². The van der Waals surface area contributed by atoms with Gasteiger partial charge in [-0.1, -0.05) is 22.0 Å². The van der Waals surface area contributed by atoms with Crippen molar-refractivity contribution < 1.29 is 30.0 Å². The van der Waals surface area contributed by atoms with Gasteiger partial charge in [-0.2, -0.15) is 0 Å². The monoisotopic (exact) mass is 376 g/mol. The van der Waals surface area contributed by atoms with Crippen LogP contribution in [0, 0.1) is 0 Å². The van der Waals surface area contributed by atoms with Gasteiger partial charge in [0.2, 0.25) is 0 Å². The number of nitrogens with one attached hydrogen (secondary N) is 2. The first-order valence-electron chi connectivity index (χ1n) is 6.56. The van der Waals surface area contributed by atoms with E-state index in [2.05, 4.69) is 26.8 Å². The molecule has 1 aliphatic rings. The summed E-state index contributed by atoms with van der Waals surface area (Å²) in [5.41, 5.74) is 5.14. The molecule has 1 heterocycles. The van der Waals surface area contributed by atoms with Gasteiger partial charge in [0, 0.05) is 10.0 Å². The highest BCUT2D eigenvalue weighted by molar-refractivity contribution is 9.10. The van der Waals surface area contributed by atoms with Crippen molar-refractivity contribution in [2.75, 3.05) is 6.61 Å². The molecule has 0 unspecified atom stereocenters. The van der Waals surface area contributed by atoms with E-state index in [1.807, 2.05) is 0 Å². The molecule has 9 heteroatoms. The lowest BCUT2D eigenvalue weighted by Crippen LogP contribution is -2.64. The summed E-state index contributed by atoms with van der Waals surface area (Å²) in [6.07, 6.45) is -6.64. The number of aliphatic hydroxyl groups is 4. The van der Waals surface area contributed by atoms with E-state index in [-0.39, 0.29) is 0 Å². The van der Waals surface area contributed by atoms with Gasteiger partial charge in [0.25, 0.3) is 5.91 Å². The summed E-state index contributed by atoms with van der Waals surface area (Å²) in [5.74, 6) is -0.474. The average Bonchev–Trinajstić information content (AvgIpc) is 2.51. The van der Waals surface area contributed by atoms with Crippen molar-refractivity contribution in [3.63, 3.8) is 0 Å². The Morgan fingerprint density at radius 2 is 1.95 bits per heavy atom. The van der Waals surface area contributed by atoms with Crippen molar-refractivity contribution in [2.24, 2.45) is 0 Å². The molecular formula is C13H17BrN2O6. The van der Waals surface area contributed by atoms with Gasteiger partial charge in [-0.25, -0.2) is 5.43 Å². The lowest BCUT2D eigenvalue weighted by atomic mass is 9.99. The Bertz CT molecular complexity index is 529. The average molecular weight is 377 g/mol. The van der Waals surface area contributed by atoms with Gasteiger partial charge < -0.3 is 25.2 Å². The highest BCUT2D eigenvalue weighted by Crippen LogP contribution is 2.19. The second kappa shape index (κ2) is 7.47. The van der Waals surface area contributed by atoms with Crippen molar-refractivity contribution in [3.8, 4) is 0 Å². The summed E-state index contributed by atoms with van der Waals surface area (Å²) in [7, 11) is 0. The zero-order chi connectivity index (χ0) is 16.3. The first kappa shape index (κ1) is 17.3. The minimum Gasteiger partial charge on any atom is -0.394 e. The SMILES string of the molecule is O=C(NN[C@H]1O[C@@H](CO)[C@@H](O)[C@@H](O)[C@H]1O)c1cccc(Br)c1. The van der Waals surface area contributed by atoms with Crippen molar-refractivity contribution in [1.82, 2.24) is 10.9 Å². The second-order valence-electron chi connectivity index (χ2n) is 4.86. The van der Waals surface area contributed by atoms with E-state index >= 15 is 0 Å². The van der Waals surface area contributed by atoms with E-state index in [9.17, 15) is 20.1 Å². The fourth-order valence-corrected chi connectivity index (χ4v) is 2.46. The molecule has 1 fully saturated rings. The van der Waals surface area contributed by atoms with E-state index in [1.54, 1.807) is 24.3 Å². The zero-order valence-electron chi connectivity index (χ0n) is 11.4. The number of rotatable bonds is 4. The van der Waals surface area contributed by atoms with Crippen molar-refractivity contribution in [1.29, 1.82) is 0 Å².